The van der Waals surface area contributed by atoms with Crippen LogP contribution in [0.25, 0.3) is 0 Å². The maximum absolute atomic E-state index is 13.3. The number of methoxy groups -OCH3 is 2. The van der Waals surface area contributed by atoms with E-state index in [1.165, 1.54) is 14.2 Å². The van der Waals surface area contributed by atoms with Gasteiger partial charge in [-0.15, -0.1) is 6.58 Å². The van der Waals surface area contributed by atoms with E-state index in [0.717, 1.165) is 11.6 Å². The number of fused-ring (bicyclic) bond motifs is 1. The predicted molar refractivity (Wildman–Crippen MR) is 154 cm³/mol. The number of esters is 1. The molecule has 2 aliphatic heterocycles. The molecule has 1 amide bonds. The molecule has 0 radical (unpaired) electrons. The Labute approximate surface area is 252 Å². The van der Waals surface area contributed by atoms with Gasteiger partial charge in [0.2, 0.25) is 0 Å². The smallest absolute Gasteiger partial charge is 0.342 e. The molecule has 12 nitrogen and oxygen atoms in total. The molecule has 12 heteroatoms. The van der Waals surface area contributed by atoms with E-state index >= 15 is 0 Å². The van der Waals surface area contributed by atoms with Gasteiger partial charge in [-0.25, -0.2) is 4.79 Å². The van der Waals surface area contributed by atoms with Crippen molar-refractivity contribution in [2.24, 2.45) is 11.3 Å². The second-order valence-electron chi connectivity index (χ2n) is 12.3. The van der Waals surface area contributed by atoms with E-state index < -0.39 is 66.1 Å². The van der Waals surface area contributed by atoms with Crippen LogP contribution in [-0.2, 0) is 35.0 Å². The predicted octanol–water partition coefficient (Wildman–Crippen LogP) is 2.06. The Morgan fingerprint density at radius 1 is 1.14 bits per heavy atom. The lowest BCUT2D eigenvalue weighted by molar-refractivity contribution is -0.188. The minimum absolute atomic E-state index is 0.00104. The van der Waals surface area contributed by atoms with Gasteiger partial charge in [0, 0.05) is 50.9 Å². The van der Waals surface area contributed by atoms with E-state index in [1.807, 2.05) is 0 Å². The van der Waals surface area contributed by atoms with Gasteiger partial charge < -0.3 is 44.7 Å². The summed E-state index contributed by atoms with van der Waals surface area (Å²) in [5.41, 5.74) is 0.607. The number of benzene rings is 1. The summed E-state index contributed by atoms with van der Waals surface area (Å²) in [5, 5.41) is 44.8. The number of ether oxygens (including phenoxy) is 4. The number of carbonyl (C=O) groups excluding carboxylic acids is 3. The van der Waals surface area contributed by atoms with Crippen LogP contribution in [0.1, 0.15) is 68.4 Å². The van der Waals surface area contributed by atoms with Crippen LogP contribution in [0.2, 0.25) is 0 Å². The number of cyclic esters (lactones) is 1. The van der Waals surface area contributed by atoms with Crippen molar-refractivity contribution in [2.45, 2.75) is 103 Å². The van der Waals surface area contributed by atoms with Crippen LogP contribution in [0.4, 0.5) is 0 Å². The number of Topliss-reactive ketones (excluding diaryl/α,β-unsaturated/α-hetero) is 1. The van der Waals surface area contributed by atoms with Gasteiger partial charge in [-0.3, -0.25) is 9.59 Å². The summed E-state index contributed by atoms with van der Waals surface area (Å²) in [7, 11) is 2.72. The Bertz CT molecular complexity index is 1230. The van der Waals surface area contributed by atoms with Crippen LogP contribution in [0, 0.1) is 18.3 Å². The van der Waals surface area contributed by atoms with Gasteiger partial charge in [0.25, 0.3) is 5.91 Å². The van der Waals surface area contributed by atoms with Crippen molar-refractivity contribution in [3.05, 3.63) is 34.9 Å². The third kappa shape index (κ3) is 7.38. The number of phenols is 2. The highest BCUT2D eigenvalue weighted by Crippen LogP contribution is 2.40. The lowest BCUT2D eigenvalue weighted by Gasteiger charge is -2.44. The van der Waals surface area contributed by atoms with Crippen LogP contribution in [0.3, 0.4) is 0 Å². The van der Waals surface area contributed by atoms with Crippen LogP contribution < -0.4 is 5.32 Å². The molecule has 43 heavy (non-hydrogen) atoms. The zero-order valence-corrected chi connectivity index (χ0v) is 25.9. The zero-order chi connectivity index (χ0) is 32.4. The monoisotopic (exact) mass is 607 g/mol. The molecule has 1 fully saturated rings. The lowest BCUT2D eigenvalue weighted by atomic mass is 9.74. The Hall–Kier alpha value is -3.03. The molecule has 1 aromatic carbocycles. The van der Waals surface area contributed by atoms with E-state index in [4.69, 9.17) is 18.9 Å². The number of aromatic hydroxyl groups is 2. The number of aliphatic hydroxyl groups excluding tert-OH is 2. The van der Waals surface area contributed by atoms with Gasteiger partial charge in [0.05, 0.1) is 18.3 Å². The highest BCUT2D eigenvalue weighted by Gasteiger charge is 2.48. The standard InChI is InChI=1S/C31H45NO11/c1-14(2)9-22(40-7)27(37)28(38)32-29(41-8)23-13-24(36)31(5,6)25(42-23)12-19(34)16(4)21-10-17-15(3)18(33)11-20(35)26(17)30(39)43-21/h11,16,19,21-23,25,27,29,33-35,37H,1,9-10,12-13H2,2-8H3,(H,32,38)/t16?,19?,21?,22?,23?,25-,27?,29-/m1/s1. The number of hydrogen-bond acceptors (Lipinski definition) is 11. The Morgan fingerprint density at radius 2 is 1.79 bits per heavy atom. The molecule has 2 aliphatic rings. The summed E-state index contributed by atoms with van der Waals surface area (Å²) in [6.45, 7) is 12.3. The molecule has 5 N–H and O–H groups in total. The van der Waals surface area contributed by atoms with Crippen molar-refractivity contribution in [1.29, 1.82) is 0 Å². The molecule has 1 aromatic rings. The van der Waals surface area contributed by atoms with Crippen molar-refractivity contribution in [3.8, 4) is 11.5 Å². The molecule has 0 aliphatic carbocycles. The molecule has 0 bridgehead atoms. The minimum Gasteiger partial charge on any atom is -0.508 e. The average Bonchev–Trinajstić information content (AvgIpc) is 2.94. The topological polar surface area (TPSA) is 181 Å². The van der Waals surface area contributed by atoms with Gasteiger partial charge >= 0.3 is 5.97 Å². The van der Waals surface area contributed by atoms with Crippen molar-refractivity contribution in [1.82, 2.24) is 5.32 Å². The first-order valence-corrected chi connectivity index (χ1v) is 14.3. The third-order valence-corrected chi connectivity index (χ3v) is 8.78. The summed E-state index contributed by atoms with van der Waals surface area (Å²) in [4.78, 5) is 38.9. The third-order valence-electron chi connectivity index (χ3n) is 8.78. The number of carbonyl (C=O) groups is 3. The summed E-state index contributed by atoms with van der Waals surface area (Å²) < 4.78 is 22.5. The first-order chi connectivity index (χ1) is 20.0. The maximum Gasteiger partial charge on any atom is 0.342 e. The fourth-order valence-corrected chi connectivity index (χ4v) is 5.65. The zero-order valence-electron chi connectivity index (χ0n) is 25.9. The fraction of sp³-hybridized carbons (Fsp3) is 0.645. The molecule has 0 spiro atoms. The quantitative estimate of drug-likeness (QED) is 0.133. The highest BCUT2D eigenvalue weighted by molar-refractivity contribution is 5.96. The molecule has 3 rings (SSSR count). The van der Waals surface area contributed by atoms with Crippen molar-refractivity contribution in [3.63, 3.8) is 0 Å². The van der Waals surface area contributed by atoms with Gasteiger partial charge in [-0.05, 0) is 31.4 Å². The fourth-order valence-electron chi connectivity index (χ4n) is 5.65. The highest BCUT2D eigenvalue weighted by atomic mass is 16.6. The molecule has 1 saturated heterocycles. The number of ketones is 1. The number of rotatable bonds is 12. The Morgan fingerprint density at radius 3 is 2.37 bits per heavy atom. The van der Waals surface area contributed by atoms with Gasteiger partial charge in [-0.1, -0.05) is 26.3 Å². The minimum atomic E-state index is -1.52. The molecule has 8 atom stereocenters. The van der Waals surface area contributed by atoms with Crippen molar-refractivity contribution < 1.29 is 53.8 Å². The number of aliphatic hydroxyl groups is 2. The van der Waals surface area contributed by atoms with E-state index in [9.17, 15) is 34.8 Å². The van der Waals surface area contributed by atoms with E-state index in [0.29, 0.717) is 11.1 Å². The maximum atomic E-state index is 13.3. The van der Waals surface area contributed by atoms with Crippen molar-refractivity contribution in [2.75, 3.05) is 14.2 Å². The Kier molecular flexibility index (Phi) is 11.0. The summed E-state index contributed by atoms with van der Waals surface area (Å²) >= 11 is 0. The van der Waals surface area contributed by atoms with Crippen LogP contribution in [0.5, 0.6) is 11.5 Å². The van der Waals surface area contributed by atoms with Gasteiger partial charge in [-0.2, -0.15) is 0 Å². The lowest BCUT2D eigenvalue weighted by Crippen LogP contribution is -2.58. The SMILES string of the molecule is C=C(C)CC(OC)C(O)C(=O)N[C@H](OC)C1CC(=O)C(C)(C)[C@@H](CC(O)C(C)C2Cc3c(C)c(O)cc(O)c3C(=O)O2)O1. The number of amides is 1. The van der Waals surface area contributed by atoms with Crippen LogP contribution >= 0.6 is 0 Å². The second-order valence-corrected chi connectivity index (χ2v) is 12.3. The number of phenolic OH excluding ortho intramolecular Hbond substituents is 2. The molecule has 240 valence electrons. The van der Waals surface area contributed by atoms with E-state index in [1.54, 1.807) is 34.6 Å². The van der Waals surface area contributed by atoms with Crippen LogP contribution in [0.15, 0.2) is 18.2 Å². The molecule has 2 heterocycles. The molecular weight excluding hydrogens is 562 g/mol. The average molecular weight is 608 g/mol. The van der Waals surface area contributed by atoms with Crippen molar-refractivity contribution >= 4 is 17.7 Å². The number of hydrogen-bond donors (Lipinski definition) is 5. The second kappa shape index (κ2) is 13.7. The van der Waals surface area contributed by atoms with E-state index in [-0.39, 0.29) is 48.5 Å². The largest absolute Gasteiger partial charge is 0.508 e. The van der Waals surface area contributed by atoms with Gasteiger partial charge in [0.15, 0.2) is 12.3 Å². The summed E-state index contributed by atoms with van der Waals surface area (Å²) in [5.74, 6) is -2.82. The normalized spacial score (nSPS) is 25.1. The van der Waals surface area contributed by atoms with Crippen LogP contribution in [-0.4, -0.2) is 95.2 Å². The first-order valence-electron chi connectivity index (χ1n) is 14.3. The summed E-state index contributed by atoms with van der Waals surface area (Å²) in [6.07, 6.45) is -6.65. The number of nitrogens with one attached hydrogen (secondary N) is 1. The molecule has 0 aromatic heterocycles. The first kappa shape index (κ1) is 34.5. The van der Waals surface area contributed by atoms with E-state index in [2.05, 4.69) is 11.9 Å². The molecule has 0 saturated carbocycles. The molecular formula is C31H45NO11. The molecule has 6 unspecified atom stereocenters. The summed E-state index contributed by atoms with van der Waals surface area (Å²) in [6, 6.07) is 1.10. The van der Waals surface area contributed by atoms with Gasteiger partial charge in [0.1, 0.15) is 35.1 Å². The Balaban J connectivity index is 1.74.